The van der Waals surface area contributed by atoms with Crippen molar-refractivity contribution >= 4 is 38.8 Å². The van der Waals surface area contributed by atoms with Crippen LogP contribution in [0.1, 0.15) is 10.7 Å². The van der Waals surface area contributed by atoms with Crippen LogP contribution in [0.3, 0.4) is 0 Å². The third-order valence-corrected chi connectivity index (χ3v) is 3.79. The van der Waals surface area contributed by atoms with Crippen LogP contribution in [0.2, 0.25) is 0 Å². The number of halogens is 1. The van der Waals surface area contributed by atoms with Crippen molar-refractivity contribution in [2.45, 2.75) is 13.3 Å². The Morgan fingerprint density at radius 1 is 1.53 bits per heavy atom. The lowest BCUT2D eigenvalue weighted by Gasteiger charge is -2.06. The van der Waals surface area contributed by atoms with Crippen molar-refractivity contribution in [3.05, 3.63) is 32.8 Å². The van der Waals surface area contributed by atoms with Crippen molar-refractivity contribution in [2.24, 2.45) is 0 Å². The summed E-state index contributed by atoms with van der Waals surface area (Å²) in [5, 5.41) is 6.45. The Morgan fingerprint density at radius 3 is 3.00 bits per heavy atom. The molecule has 0 saturated carbocycles. The Morgan fingerprint density at radius 2 is 2.35 bits per heavy atom. The highest BCUT2D eigenvalue weighted by Gasteiger charge is 2.02. The van der Waals surface area contributed by atoms with Gasteiger partial charge in [0.2, 0.25) is 0 Å². The summed E-state index contributed by atoms with van der Waals surface area (Å²) in [7, 11) is 0. The number of nitrogens with zero attached hydrogens (tertiary/aromatic N) is 2. The molecule has 0 bridgehead atoms. The maximum Gasteiger partial charge on any atom is 0.140 e. The van der Waals surface area contributed by atoms with Gasteiger partial charge in [-0.15, -0.1) is 11.3 Å². The molecule has 2 aromatic rings. The van der Waals surface area contributed by atoms with Gasteiger partial charge in [0.15, 0.2) is 0 Å². The first-order valence-corrected chi connectivity index (χ1v) is 6.88. The minimum Gasteiger partial charge on any atom is -0.397 e. The monoisotopic (exact) mass is 312 g/mol. The molecule has 2 aromatic heterocycles. The van der Waals surface area contributed by atoms with E-state index >= 15 is 0 Å². The molecule has 17 heavy (non-hydrogen) atoms. The predicted molar refractivity (Wildman–Crippen MR) is 75.4 cm³/mol. The minimum absolute atomic E-state index is 0.651. The lowest BCUT2D eigenvalue weighted by Crippen LogP contribution is -2.07. The van der Waals surface area contributed by atoms with Crippen molar-refractivity contribution < 1.29 is 0 Å². The van der Waals surface area contributed by atoms with E-state index in [1.54, 1.807) is 17.5 Å². The van der Waals surface area contributed by atoms with Gasteiger partial charge in [0.1, 0.15) is 5.82 Å². The lowest BCUT2D eigenvalue weighted by atomic mass is 10.4. The van der Waals surface area contributed by atoms with Crippen LogP contribution in [0.5, 0.6) is 0 Å². The molecule has 90 valence electrons. The first-order valence-electron chi connectivity index (χ1n) is 5.21. The summed E-state index contributed by atoms with van der Waals surface area (Å²) in [4.78, 5) is 8.62. The van der Waals surface area contributed by atoms with Crippen LogP contribution >= 0.6 is 27.3 Å². The van der Waals surface area contributed by atoms with Gasteiger partial charge < -0.3 is 11.1 Å². The Hall–Kier alpha value is -1.14. The van der Waals surface area contributed by atoms with Gasteiger partial charge in [-0.25, -0.2) is 9.97 Å². The number of nitrogens with one attached hydrogen (secondary N) is 1. The Kier molecular flexibility index (Phi) is 3.96. The molecule has 0 saturated heterocycles. The molecule has 4 nitrogen and oxygen atoms in total. The highest BCUT2D eigenvalue weighted by atomic mass is 79.9. The fourth-order valence-electron chi connectivity index (χ4n) is 1.39. The summed E-state index contributed by atoms with van der Waals surface area (Å²) in [5.74, 6) is 0.812. The number of anilines is 2. The number of aryl methyl sites for hydroxylation is 1. The molecule has 0 spiro atoms. The SMILES string of the molecule is Cc1csc(CCNc2ncc(N)cc2Br)n1. The molecule has 0 unspecified atom stereocenters. The standard InChI is InChI=1S/C11H13BrN4S/c1-7-6-17-10(16-7)2-3-14-11-9(12)4-8(13)5-15-11/h4-6H,2-3,13H2,1H3,(H,14,15). The van der Waals surface area contributed by atoms with Gasteiger partial charge in [0.25, 0.3) is 0 Å². The van der Waals surface area contributed by atoms with E-state index in [1.807, 2.05) is 13.0 Å². The highest BCUT2D eigenvalue weighted by molar-refractivity contribution is 9.10. The Labute approximate surface area is 112 Å². The molecule has 0 aromatic carbocycles. The van der Waals surface area contributed by atoms with Crippen molar-refractivity contribution in [2.75, 3.05) is 17.6 Å². The number of hydrogen-bond acceptors (Lipinski definition) is 5. The van der Waals surface area contributed by atoms with E-state index in [1.165, 1.54) is 0 Å². The Bertz CT molecular complexity index is 512. The number of rotatable bonds is 4. The van der Waals surface area contributed by atoms with Gasteiger partial charge in [0.05, 0.1) is 21.4 Å². The Balaban J connectivity index is 1.90. The molecule has 2 rings (SSSR count). The van der Waals surface area contributed by atoms with Crippen LogP contribution in [0.15, 0.2) is 22.1 Å². The lowest BCUT2D eigenvalue weighted by molar-refractivity contribution is 0.976. The zero-order chi connectivity index (χ0) is 12.3. The van der Waals surface area contributed by atoms with Gasteiger partial charge in [0, 0.05) is 24.0 Å². The van der Waals surface area contributed by atoms with E-state index in [-0.39, 0.29) is 0 Å². The number of nitrogens with two attached hydrogens (primary N) is 1. The molecule has 0 amide bonds. The molecule has 0 aliphatic carbocycles. The van der Waals surface area contributed by atoms with E-state index in [4.69, 9.17) is 5.73 Å². The molecule has 2 heterocycles. The zero-order valence-electron chi connectivity index (χ0n) is 9.40. The summed E-state index contributed by atoms with van der Waals surface area (Å²) in [6, 6.07) is 1.84. The third-order valence-electron chi connectivity index (χ3n) is 2.16. The fraction of sp³-hybridized carbons (Fsp3) is 0.273. The largest absolute Gasteiger partial charge is 0.397 e. The number of hydrogen-bond donors (Lipinski definition) is 2. The van der Waals surface area contributed by atoms with E-state index < -0.39 is 0 Å². The van der Waals surface area contributed by atoms with Crippen LogP contribution in [-0.4, -0.2) is 16.5 Å². The summed E-state index contributed by atoms with van der Waals surface area (Å²) in [6.45, 7) is 2.81. The van der Waals surface area contributed by atoms with E-state index in [0.717, 1.165) is 34.0 Å². The summed E-state index contributed by atoms with van der Waals surface area (Å²) in [5.41, 5.74) is 7.35. The molecule has 0 atom stereocenters. The molecular formula is C11H13BrN4S. The quantitative estimate of drug-likeness (QED) is 0.911. The van der Waals surface area contributed by atoms with Gasteiger partial charge in [-0.05, 0) is 28.9 Å². The number of nitrogen functional groups attached to an aromatic ring is 1. The molecule has 0 aliphatic rings. The summed E-state index contributed by atoms with van der Waals surface area (Å²) in [6.07, 6.45) is 2.54. The fourth-order valence-corrected chi connectivity index (χ4v) is 2.67. The molecule has 0 fully saturated rings. The second kappa shape index (κ2) is 5.46. The summed E-state index contributed by atoms with van der Waals surface area (Å²) >= 11 is 5.11. The first-order chi connectivity index (χ1) is 8.15. The van der Waals surface area contributed by atoms with Crippen molar-refractivity contribution in [3.8, 4) is 0 Å². The maximum atomic E-state index is 5.62. The van der Waals surface area contributed by atoms with E-state index in [2.05, 4.69) is 36.6 Å². The van der Waals surface area contributed by atoms with E-state index in [9.17, 15) is 0 Å². The molecule has 3 N–H and O–H groups in total. The van der Waals surface area contributed by atoms with Crippen molar-refractivity contribution in [1.29, 1.82) is 0 Å². The van der Waals surface area contributed by atoms with Crippen molar-refractivity contribution in [3.63, 3.8) is 0 Å². The average molecular weight is 313 g/mol. The normalized spacial score (nSPS) is 10.5. The van der Waals surface area contributed by atoms with Crippen LogP contribution in [0.4, 0.5) is 11.5 Å². The van der Waals surface area contributed by atoms with Crippen LogP contribution in [0, 0.1) is 6.92 Å². The second-order valence-electron chi connectivity index (χ2n) is 3.66. The zero-order valence-corrected chi connectivity index (χ0v) is 11.8. The predicted octanol–water partition coefficient (Wildman–Crippen LogP) is 2.85. The van der Waals surface area contributed by atoms with E-state index in [0.29, 0.717) is 5.69 Å². The molecule has 0 radical (unpaired) electrons. The van der Waals surface area contributed by atoms with Gasteiger partial charge in [-0.3, -0.25) is 0 Å². The number of thiazole rings is 1. The second-order valence-corrected chi connectivity index (χ2v) is 5.46. The van der Waals surface area contributed by atoms with Crippen molar-refractivity contribution in [1.82, 2.24) is 9.97 Å². The molecule has 0 aliphatic heterocycles. The average Bonchev–Trinajstić information content (AvgIpc) is 2.68. The van der Waals surface area contributed by atoms with Crippen LogP contribution < -0.4 is 11.1 Å². The highest BCUT2D eigenvalue weighted by Crippen LogP contribution is 2.21. The van der Waals surface area contributed by atoms with Gasteiger partial charge in [-0.1, -0.05) is 0 Å². The van der Waals surface area contributed by atoms with Gasteiger partial charge >= 0.3 is 0 Å². The maximum absolute atomic E-state index is 5.62. The van der Waals surface area contributed by atoms with Gasteiger partial charge in [-0.2, -0.15) is 0 Å². The van der Waals surface area contributed by atoms with Crippen LogP contribution in [0.25, 0.3) is 0 Å². The number of pyridine rings is 1. The van der Waals surface area contributed by atoms with Crippen LogP contribution in [-0.2, 0) is 6.42 Å². The molecular weight excluding hydrogens is 300 g/mol. The third kappa shape index (κ3) is 3.41. The minimum atomic E-state index is 0.651. The molecule has 6 heteroatoms. The number of aromatic nitrogens is 2. The topological polar surface area (TPSA) is 63.8 Å². The first kappa shape index (κ1) is 12.3. The smallest absolute Gasteiger partial charge is 0.140 e. The summed E-state index contributed by atoms with van der Waals surface area (Å²) < 4.78 is 0.882.